The molecule has 2 N–H and O–H groups in total. The Labute approximate surface area is 125 Å². The highest BCUT2D eigenvalue weighted by atomic mass is 19.1. The largest absolute Gasteiger partial charge is 0.478 e. The minimum Gasteiger partial charge on any atom is -0.478 e. The second kappa shape index (κ2) is 7.41. The molecule has 5 heteroatoms. The van der Waals surface area contributed by atoms with Crippen LogP contribution in [0.3, 0.4) is 0 Å². The first-order valence-corrected chi connectivity index (χ1v) is 7.59. The summed E-state index contributed by atoms with van der Waals surface area (Å²) in [5.41, 5.74) is 0.0815. The van der Waals surface area contributed by atoms with Gasteiger partial charge in [0.1, 0.15) is 11.4 Å². The van der Waals surface area contributed by atoms with Crippen LogP contribution in [0.1, 0.15) is 43.0 Å². The van der Waals surface area contributed by atoms with Crippen molar-refractivity contribution in [2.24, 2.45) is 0 Å². The van der Waals surface area contributed by atoms with Crippen molar-refractivity contribution in [2.75, 3.05) is 25.0 Å². The smallest absolute Gasteiger partial charge is 0.340 e. The lowest BCUT2D eigenvalue weighted by Crippen LogP contribution is -2.38. The number of aromatic carboxylic acids is 1. The van der Waals surface area contributed by atoms with Gasteiger partial charge >= 0.3 is 5.97 Å². The number of rotatable bonds is 6. The van der Waals surface area contributed by atoms with Crippen LogP contribution in [0.4, 0.5) is 10.1 Å². The summed E-state index contributed by atoms with van der Waals surface area (Å²) in [6.45, 7) is 5.03. The van der Waals surface area contributed by atoms with E-state index in [2.05, 4.69) is 17.1 Å². The zero-order valence-electron chi connectivity index (χ0n) is 12.4. The number of likely N-dealkylation sites (tertiary alicyclic amines) is 1. The third kappa shape index (κ3) is 4.17. The monoisotopic (exact) mass is 294 g/mol. The normalized spacial score (nSPS) is 19.4. The van der Waals surface area contributed by atoms with E-state index in [0.29, 0.717) is 18.3 Å². The van der Waals surface area contributed by atoms with Crippen molar-refractivity contribution in [2.45, 2.75) is 38.6 Å². The van der Waals surface area contributed by atoms with Crippen LogP contribution in [-0.4, -0.2) is 41.7 Å². The van der Waals surface area contributed by atoms with Gasteiger partial charge in [-0.1, -0.05) is 12.5 Å². The van der Waals surface area contributed by atoms with Crippen molar-refractivity contribution in [1.29, 1.82) is 0 Å². The number of nitrogens with one attached hydrogen (secondary N) is 1. The molecule has 1 unspecified atom stereocenters. The molecule has 1 aromatic rings. The molecule has 0 saturated carbocycles. The van der Waals surface area contributed by atoms with Gasteiger partial charge in [0.25, 0.3) is 0 Å². The topological polar surface area (TPSA) is 52.6 Å². The number of carbonyl (C=O) groups is 1. The fourth-order valence-corrected chi connectivity index (χ4v) is 2.88. The summed E-state index contributed by atoms with van der Waals surface area (Å²) in [4.78, 5) is 13.5. The van der Waals surface area contributed by atoms with Crippen LogP contribution in [0.25, 0.3) is 0 Å². The first-order chi connectivity index (χ1) is 10.1. The fourth-order valence-electron chi connectivity index (χ4n) is 2.88. The lowest BCUT2D eigenvalue weighted by atomic mass is 10.0. The number of anilines is 1. The predicted octanol–water partition coefficient (Wildman–Crippen LogP) is 3.20. The quantitative estimate of drug-likeness (QED) is 0.791. The number of nitrogens with zero attached hydrogens (tertiary/aromatic N) is 1. The number of hydrogen-bond acceptors (Lipinski definition) is 3. The average molecular weight is 294 g/mol. The molecule has 1 atom stereocenters. The van der Waals surface area contributed by atoms with Crippen LogP contribution >= 0.6 is 0 Å². The number of benzene rings is 1. The van der Waals surface area contributed by atoms with E-state index >= 15 is 0 Å². The summed E-state index contributed by atoms with van der Waals surface area (Å²) >= 11 is 0. The summed E-state index contributed by atoms with van der Waals surface area (Å²) in [5, 5.41) is 12.1. The molecular formula is C16H23FN2O2. The summed E-state index contributed by atoms with van der Waals surface area (Å²) in [5.74, 6) is -1.93. The van der Waals surface area contributed by atoms with E-state index in [1.165, 1.54) is 31.4 Å². The lowest BCUT2D eigenvalue weighted by Gasteiger charge is -2.33. The zero-order valence-corrected chi connectivity index (χ0v) is 12.4. The average Bonchev–Trinajstić information content (AvgIpc) is 2.45. The van der Waals surface area contributed by atoms with Crippen molar-refractivity contribution < 1.29 is 14.3 Å². The summed E-state index contributed by atoms with van der Waals surface area (Å²) in [6, 6.07) is 4.93. The Kier molecular flexibility index (Phi) is 5.56. The van der Waals surface area contributed by atoms with Crippen molar-refractivity contribution in [1.82, 2.24) is 4.90 Å². The fraction of sp³-hybridized carbons (Fsp3) is 0.562. The van der Waals surface area contributed by atoms with Crippen LogP contribution in [0, 0.1) is 5.82 Å². The summed E-state index contributed by atoms with van der Waals surface area (Å²) < 4.78 is 13.5. The second-order valence-electron chi connectivity index (χ2n) is 5.63. The minimum absolute atomic E-state index is 0.274. The van der Waals surface area contributed by atoms with E-state index in [9.17, 15) is 9.18 Å². The van der Waals surface area contributed by atoms with Gasteiger partial charge in [-0.3, -0.25) is 0 Å². The highest BCUT2D eigenvalue weighted by Crippen LogP contribution is 2.19. The van der Waals surface area contributed by atoms with Crippen LogP contribution in [0.2, 0.25) is 0 Å². The van der Waals surface area contributed by atoms with Crippen LogP contribution < -0.4 is 5.32 Å². The Balaban J connectivity index is 1.84. The molecule has 1 aromatic carbocycles. The van der Waals surface area contributed by atoms with Crippen LogP contribution in [0.15, 0.2) is 18.2 Å². The van der Waals surface area contributed by atoms with Gasteiger partial charge in [-0.2, -0.15) is 0 Å². The summed E-state index contributed by atoms with van der Waals surface area (Å²) in [6.07, 6.45) is 4.73. The molecule has 21 heavy (non-hydrogen) atoms. The van der Waals surface area contributed by atoms with Crippen LogP contribution in [0.5, 0.6) is 0 Å². The maximum absolute atomic E-state index is 13.5. The SMILES string of the molecule is CC1CCCCN1CCCNc1cccc(F)c1C(=O)O. The molecule has 0 aliphatic carbocycles. The Bertz CT molecular complexity index is 493. The molecule has 1 aliphatic rings. The molecule has 116 valence electrons. The van der Waals surface area contributed by atoms with Gasteiger partial charge < -0.3 is 15.3 Å². The second-order valence-corrected chi connectivity index (χ2v) is 5.63. The number of carboxylic acids is 1. The van der Waals surface area contributed by atoms with Crippen molar-refractivity contribution >= 4 is 11.7 Å². The molecule has 0 radical (unpaired) electrons. The van der Waals surface area contributed by atoms with E-state index in [4.69, 9.17) is 5.11 Å². The molecule has 1 fully saturated rings. The number of piperidine rings is 1. The molecule has 1 saturated heterocycles. The zero-order chi connectivity index (χ0) is 15.2. The molecular weight excluding hydrogens is 271 g/mol. The van der Waals surface area contributed by atoms with E-state index in [-0.39, 0.29) is 5.56 Å². The first-order valence-electron chi connectivity index (χ1n) is 7.59. The Morgan fingerprint density at radius 1 is 1.48 bits per heavy atom. The molecule has 1 aliphatic heterocycles. The highest BCUT2D eigenvalue weighted by molar-refractivity contribution is 5.94. The van der Waals surface area contributed by atoms with E-state index < -0.39 is 11.8 Å². The molecule has 1 heterocycles. The first kappa shape index (κ1) is 15.8. The molecule has 4 nitrogen and oxygen atoms in total. The number of carboxylic acid groups (broad SMARTS) is 1. The molecule has 0 spiro atoms. The van der Waals surface area contributed by atoms with Gasteiger partial charge in [0, 0.05) is 19.1 Å². The van der Waals surface area contributed by atoms with Crippen LogP contribution in [-0.2, 0) is 0 Å². The van der Waals surface area contributed by atoms with Gasteiger partial charge in [0.05, 0.1) is 5.69 Å². The van der Waals surface area contributed by atoms with Gasteiger partial charge in [-0.25, -0.2) is 9.18 Å². The Hall–Kier alpha value is -1.62. The van der Waals surface area contributed by atoms with E-state index in [1.807, 2.05) is 0 Å². The highest BCUT2D eigenvalue weighted by Gasteiger charge is 2.18. The van der Waals surface area contributed by atoms with Gasteiger partial charge in [0.15, 0.2) is 0 Å². The lowest BCUT2D eigenvalue weighted by molar-refractivity contribution is 0.0693. The number of hydrogen-bond donors (Lipinski definition) is 2. The Morgan fingerprint density at radius 2 is 2.29 bits per heavy atom. The predicted molar refractivity (Wildman–Crippen MR) is 81.4 cm³/mol. The standard InChI is InChI=1S/C16H23FN2O2/c1-12-6-2-3-10-19(12)11-5-9-18-14-8-4-7-13(17)15(14)16(20)21/h4,7-8,12,18H,2-3,5-6,9-11H2,1H3,(H,20,21). The summed E-state index contributed by atoms with van der Waals surface area (Å²) in [7, 11) is 0. The third-order valence-corrected chi connectivity index (χ3v) is 4.11. The Morgan fingerprint density at radius 3 is 3.00 bits per heavy atom. The van der Waals surface area contributed by atoms with Gasteiger partial charge in [-0.15, -0.1) is 0 Å². The van der Waals surface area contributed by atoms with E-state index in [1.54, 1.807) is 6.07 Å². The maximum atomic E-state index is 13.5. The maximum Gasteiger partial charge on any atom is 0.340 e. The molecule has 2 rings (SSSR count). The molecule has 0 amide bonds. The van der Waals surface area contributed by atoms with Crippen molar-refractivity contribution in [3.8, 4) is 0 Å². The minimum atomic E-state index is -1.24. The van der Waals surface area contributed by atoms with E-state index in [0.717, 1.165) is 19.5 Å². The van der Waals surface area contributed by atoms with Crippen molar-refractivity contribution in [3.05, 3.63) is 29.6 Å². The van der Waals surface area contributed by atoms with Crippen molar-refractivity contribution in [3.63, 3.8) is 0 Å². The molecule has 0 aromatic heterocycles. The third-order valence-electron chi connectivity index (χ3n) is 4.11. The van der Waals surface area contributed by atoms with Gasteiger partial charge in [-0.05, 0) is 44.9 Å². The van der Waals surface area contributed by atoms with Gasteiger partial charge in [0.2, 0.25) is 0 Å². The number of halogens is 1. The molecule has 0 bridgehead atoms.